The van der Waals surface area contributed by atoms with Gasteiger partial charge in [-0.05, 0) is 64.2 Å². The zero-order valence-electron chi connectivity index (χ0n) is 18.1. The maximum Gasteiger partial charge on any atom is 0.410 e. The van der Waals surface area contributed by atoms with Crippen LogP contribution in [0, 0.1) is 11.3 Å². The van der Waals surface area contributed by atoms with Crippen molar-refractivity contribution >= 4 is 11.7 Å². The maximum atomic E-state index is 12.9. The van der Waals surface area contributed by atoms with Gasteiger partial charge in [-0.3, -0.25) is 0 Å². The molecule has 3 heterocycles. The summed E-state index contributed by atoms with van der Waals surface area (Å²) in [4.78, 5) is 14.8. The van der Waals surface area contributed by atoms with Crippen LogP contribution >= 0.6 is 0 Å². The quantitative estimate of drug-likeness (QED) is 0.451. The lowest BCUT2D eigenvalue weighted by Crippen LogP contribution is -2.47. The SMILES string of the molecule is CC(C)(C)OC(=O)N1[C@@H]2CC[C@H]1C/C(=C1/c3ccccc3Oc3c(C#N)cccc31)C2. The fourth-order valence-electron chi connectivity index (χ4n) is 5.16. The van der Waals surface area contributed by atoms with E-state index in [2.05, 4.69) is 12.1 Å². The van der Waals surface area contributed by atoms with Crippen molar-refractivity contribution in [1.29, 1.82) is 5.26 Å². The third-order valence-corrected chi connectivity index (χ3v) is 6.32. The summed E-state index contributed by atoms with van der Waals surface area (Å²) in [6.07, 6.45) is 3.41. The topological polar surface area (TPSA) is 62.6 Å². The second kappa shape index (κ2) is 7.16. The highest BCUT2D eigenvalue weighted by atomic mass is 16.6. The molecule has 0 unspecified atom stereocenters. The first kappa shape index (κ1) is 19.7. The van der Waals surface area contributed by atoms with Crippen molar-refractivity contribution in [2.24, 2.45) is 0 Å². The number of carbonyl (C=O) groups is 1. The summed E-state index contributed by atoms with van der Waals surface area (Å²) in [7, 11) is 0. The molecule has 31 heavy (non-hydrogen) atoms. The molecule has 1 amide bonds. The van der Waals surface area contributed by atoms with Crippen LogP contribution in [0.15, 0.2) is 48.0 Å². The van der Waals surface area contributed by atoms with E-state index in [-0.39, 0.29) is 18.2 Å². The summed E-state index contributed by atoms with van der Waals surface area (Å²) in [6.45, 7) is 5.73. The van der Waals surface area contributed by atoms with Crippen molar-refractivity contribution in [2.45, 2.75) is 64.1 Å². The first-order chi connectivity index (χ1) is 14.9. The van der Waals surface area contributed by atoms with Crippen LogP contribution in [0.1, 0.15) is 63.1 Å². The minimum absolute atomic E-state index is 0.147. The van der Waals surface area contributed by atoms with Gasteiger partial charge in [0.15, 0.2) is 5.75 Å². The molecule has 0 saturated carbocycles. The molecule has 2 saturated heterocycles. The second-order valence-corrected chi connectivity index (χ2v) is 9.55. The number of piperidine rings is 1. The lowest BCUT2D eigenvalue weighted by molar-refractivity contribution is 0.0115. The molecule has 0 radical (unpaired) electrons. The van der Waals surface area contributed by atoms with Gasteiger partial charge in [-0.15, -0.1) is 0 Å². The van der Waals surface area contributed by atoms with Gasteiger partial charge in [0.1, 0.15) is 17.4 Å². The number of para-hydroxylation sites is 2. The predicted octanol–water partition coefficient (Wildman–Crippen LogP) is 6.03. The third-order valence-electron chi connectivity index (χ3n) is 6.32. The van der Waals surface area contributed by atoms with Gasteiger partial charge in [-0.2, -0.15) is 5.26 Å². The molecule has 158 valence electrons. The van der Waals surface area contributed by atoms with Gasteiger partial charge in [0, 0.05) is 23.2 Å². The lowest BCUT2D eigenvalue weighted by Gasteiger charge is -2.38. The fraction of sp³-hybridized carbons (Fsp3) is 0.385. The summed E-state index contributed by atoms with van der Waals surface area (Å²) >= 11 is 0. The summed E-state index contributed by atoms with van der Waals surface area (Å²) in [5.74, 6) is 1.41. The standard InChI is InChI=1S/C26H26N2O3/c1-26(2,3)31-25(29)28-18-11-12-19(28)14-17(13-18)23-20-8-4-5-10-22(20)30-24-16(15-27)7-6-9-21(23)24/h4-10,18-19H,11-14H2,1-3H3/b23-17-/t18-,19+/m1/s1. The van der Waals surface area contributed by atoms with E-state index in [1.807, 2.05) is 56.0 Å². The molecule has 5 rings (SSSR count). The van der Waals surface area contributed by atoms with Gasteiger partial charge in [-0.1, -0.05) is 35.9 Å². The van der Waals surface area contributed by atoms with E-state index in [0.29, 0.717) is 11.3 Å². The molecule has 2 atom stereocenters. The molecule has 2 aromatic rings. The molecule has 5 nitrogen and oxygen atoms in total. The van der Waals surface area contributed by atoms with E-state index in [9.17, 15) is 10.1 Å². The number of amides is 1. The van der Waals surface area contributed by atoms with Gasteiger partial charge in [-0.25, -0.2) is 4.79 Å². The molecule has 0 N–H and O–H groups in total. The van der Waals surface area contributed by atoms with E-state index in [1.165, 1.54) is 5.57 Å². The Hall–Kier alpha value is -3.26. The Morgan fingerprint density at radius 1 is 1.06 bits per heavy atom. The highest BCUT2D eigenvalue weighted by Crippen LogP contribution is 2.50. The largest absolute Gasteiger partial charge is 0.455 e. The van der Waals surface area contributed by atoms with Crippen molar-refractivity contribution < 1.29 is 14.3 Å². The zero-order chi connectivity index (χ0) is 21.8. The third kappa shape index (κ3) is 3.37. The van der Waals surface area contributed by atoms with E-state index in [4.69, 9.17) is 9.47 Å². The molecular weight excluding hydrogens is 388 g/mol. The Morgan fingerprint density at radius 2 is 1.74 bits per heavy atom. The van der Waals surface area contributed by atoms with Gasteiger partial charge in [0.05, 0.1) is 5.56 Å². The Labute approximate surface area is 182 Å². The second-order valence-electron chi connectivity index (χ2n) is 9.55. The average Bonchev–Trinajstić information content (AvgIpc) is 3.00. The van der Waals surface area contributed by atoms with Crippen LogP contribution in [-0.2, 0) is 4.74 Å². The number of rotatable bonds is 0. The number of benzene rings is 2. The number of hydrogen-bond acceptors (Lipinski definition) is 4. The number of carbonyl (C=O) groups excluding carboxylic acids is 1. The highest BCUT2D eigenvalue weighted by molar-refractivity contribution is 5.91. The van der Waals surface area contributed by atoms with Crippen molar-refractivity contribution in [2.75, 3.05) is 0 Å². The molecule has 0 spiro atoms. The maximum absolute atomic E-state index is 12.9. The zero-order valence-corrected chi connectivity index (χ0v) is 18.1. The van der Waals surface area contributed by atoms with Crippen LogP contribution in [0.2, 0.25) is 0 Å². The number of nitriles is 1. The smallest absolute Gasteiger partial charge is 0.410 e. The summed E-state index contributed by atoms with van der Waals surface area (Å²) in [6, 6.07) is 16.3. The van der Waals surface area contributed by atoms with E-state index < -0.39 is 5.60 Å². The molecule has 2 bridgehead atoms. The number of fused-ring (bicyclic) bond motifs is 4. The first-order valence-electron chi connectivity index (χ1n) is 10.9. The minimum atomic E-state index is -0.498. The summed E-state index contributed by atoms with van der Waals surface area (Å²) < 4.78 is 11.9. The molecule has 3 aliphatic rings. The van der Waals surface area contributed by atoms with Crippen LogP contribution in [0.25, 0.3) is 5.57 Å². The van der Waals surface area contributed by atoms with E-state index in [0.717, 1.165) is 48.1 Å². The van der Waals surface area contributed by atoms with Crippen molar-refractivity contribution in [3.8, 4) is 17.6 Å². The van der Waals surface area contributed by atoms with Crippen LogP contribution in [0.5, 0.6) is 11.5 Å². The van der Waals surface area contributed by atoms with Gasteiger partial charge < -0.3 is 14.4 Å². The van der Waals surface area contributed by atoms with E-state index in [1.54, 1.807) is 6.07 Å². The molecule has 3 aliphatic heterocycles. The number of nitrogens with zero attached hydrogens (tertiary/aromatic N) is 2. The average molecular weight is 415 g/mol. The first-order valence-corrected chi connectivity index (χ1v) is 10.9. The van der Waals surface area contributed by atoms with Crippen molar-refractivity contribution in [3.05, 3.63) is 64.7 Å². The Bertz CT molecular complexity index is 1120. The summed E-state index contributed by atoms with van der Waals surface area (Å²) in [5, 5.41) is 9.62. The Balaban J connectivity index is 1.58. The van der Waals surface area contributed by atoms with E-state index >= 15 is 0 Å². The van der Waals surface area contributed by atoms with Crippen LogP contribution < -0.4 is 4.74 Å². The fourth-order valence-corrected chi connectivity index (χ4v) is 5.16. The van der Waals surface area contributed by atoms with Crippen LogP contribution in [0.3, 0.4) is 0 Å². The normalized spacial score (nSPS) is 24.0. The Kier molecular flexibility index (Phi) is 4.55. The van der Waals surface area contributed by atoms with Crippen LogP contribution in [-0.4, -0.2) is 28.7 Å². The molecular formula is C26H26N2O3. The van der Waals surface area contributed by atoms with Crippen LogP contribution in [0.4, 0.5) is 4.79 Å². The molecule has 5 heteroatoms. The Morgan fingerprint density at radius 3 is 2.42 bits per heavy atom. The highest BCUT2D eigenvalue weighted by Gasteiger charge is 2.44. The minimum Gasteiger partial charge on any atom is -0.455 e. The van der Waals surface area contributed by atoms with Gasteiger partial charge in [0.25, 0.3) is 0 Å². The molecule has 0 aliphatic carbocycles. The predicted molar refractivity (Wildman–Crippen MR) is 118 cm³/mol. The van der Waals surface area contributed by atoms with Crippen molar-refractivity contribution in [3.63, 3.8) is 0 Å². The molecule has 0 aromatic heterocycles. The van der Waals surface area contributed by atoms with Gasteiger partial charge in [0.2, 0.25) is 0 Å². The number of hydrogen-bond donors (Lipinski definition) is 0. The summed E-state index contributed by atoms with van der Waals surface area (Å²) in [5.41, 5.74) is 4.57. The molecule has 2 fully saturated rings. The van der Waals surface area contributed by atoms with Crippen molar-refractivity contribution in [1.82, 2.24) is 4.90 Å². The lowest BCUT2D eigenvalue weighted by atomic mass is 9.83. The number of ether oxygens (including phenoxy) is 2. The molecule has 2 aromatic carbocycles. The monoisotopic (exact) mass is 414 g/mol. The van der Waals surface area contributed by atoms with Gasteiger partial charge >= 0.3 is 6.09 Å².